The highest BCUT2D eigenvalue weighted by atomic mass is 16.4. The van der Waals surface area contributed by atoms with E-state index in [9.17, 15) is 24.9 Å². The molecule has 5 nitrogen and oxygen atoms in total. The van der Waals surface area contributed by atoms with Gasteiger partial charge in [0, 0.05) is 29.2 Å². The van der Waals surface area contributed by atoms with Crippen LogP contribution in [0.25, 0.3) is 0 Å². The lowest BCUT2D eigenvalue weighted by atomic mass is 9.43. The summed E-state index contributed by atoms with van der Waals surface area (Å²) in [5.74, 6) is 1.46. The Morgan fingerprint density at radius 2 is 1.69 bits per heavy atom. The van der Waals surface area contributed by atoms with E-state index < -0.39 is 23.7 Å². The van der Waals surface area contributed by atoms with Crippen LogP contribution in [0.5, 0.6) is 0 Å². The van der Waals surface area contributed by atoms with E-state index in [1.165, 1.54) is 12.5 Å². The number of Topliss-reactive ketones (excluding diaryl/α,β-unsaturated/α-hetero) is 2. The summed E-state index contributed by atoms with van der Waals surface area (Å²) in [6.07, 6.45) is 6.30. The average Bonchev–Trinajstić information content (AvgIpc) is 3.07. The summed E-state index contributed by atoms with van der Waals surface area (Å²) in [5.41, 5.74) is 0.310. The average molecular weight is 489 g/mol. The molecule has 35 heavy (non-hydrogen) atoms. The number of fused-ring (bicyclic) bond motifs is 4. The van der Waals surface area contributed by atoms with Crippen molar-refractivity contribution in [2.75, 3.05) is 6.61 Å². The highest BCUT2D eigenvalue weighted by molar-refractivity contribution is 6.00. The van der Waals surface area contributed by atoms with Gasteiger partial charge in [0.1, 0.15) is 11.4 Å². The summed E-state index contributed by atoms with van der Waals surface area (Å²) in [4.78, 5) is 26.7. The van der Waals surface area contributed by atoms with Crippen molar-refractivity contribution in [1.29, 1.82) is 0 Å². The van der Waals surface area contributed by atoms with E-state index in [4.69, 9.17) is 0 Å². The van der Waals surface area contributed by atoms with Gasteiger partial charge in [0.05, 0.1) is 12.7 Å². The van der Waals surface area contributed by atoms with E-state index in [1.807, 2.05) is 0 Å². The highest BCUT2D eigenvalue weighted by Crippen LogP contribution is 2.71. The second-order valence-corrected chi connectivity index (χ2v) is 14.1. The van der Waals surface area contributed by atoms with Gasteiger partial charge in [-0.2, -0.15) is 0 Å². The largest absolute Gasteiger partial charge is 0.393 e. The molecule has 4 aliphatic carbocycles. The Labute approximate surface area is 211 Å². The molecule has 0 saturated heterocycles. The van der Waals surface area contributed by atoms with E-state index in [-0.39, 0.29) is 27.9 Å². The molecule has 2 saturated carbocycles. The summed E-state index contributed by atoms with van der Waals surface area (Å²) in [6, 6.07) is 0. The predicted molar refractivity (Wildman–Crippen MR) is 137 cm³/mol. The number of carbonyl (C=O) groups is 2. The lowest BCUT2D eigenvalue weighted by Crippen LogP contribution is -2.56. The summed E-state index contributed by atoms with van der Waals surface area (Å²) in [7, 11) is 0. The summed E-state index contributed by atoms with van der Waals surface area (Å²) >= 11 is 0. The lowest BCUT2D eigenvalue weighted by molar-refractivity contribution is -0.142. The van der Waals surface area contributed by atoms with Gasteiger partial charge < -0.3 is 15.3 Å². The molecular weight excluding hydrogens is 440 g/mol. The molecule has 4 rings (SSSR count). The van der Waals surface area contributed by atoms with Crippen LogP contribution in [-0.2, 0) is 9.59 Å². The molecule has 0 aromatic heterocycles. The molecule has 0 radical (unpaired) electrons. The van der Waals surface area contributed by atoms with Gasteiger partial charge >= 0.3 is 0 Å². The molecule has 5 heteroatoms. The first-order valence-electron chi connectivity index (χ1n) is 13.9. The van der Waals surface area contributed by atoms with Gasteiger partial charge in [-0.15, -0.1) is 0 Å². The zero-order chi connectivity index (χ0) is 26.2. The number of ketones is 2. The highest BCUT2D eigenvalue weighted by Gasteiger charge is 2.65. The Morgan fingerprint density at radius 1 is 1.03 bits per heavy atom. The van der Waals surface area contributed by atoms with Gasteiger partial charge in [0.15, 0.2) is 5.78 Å². The van der Waals surface area contributed by atoms with E-state index in [0.717, 1.165) is 44.1 Å². The van der Waals surface area contributed by atoms with Crippen molar-refractivity contribution < 1.29 is 24.9 Å². The van der Waals surface area contributed by atoms with Crippen LogP contribution < -0.4 is 0 Å². The maximum absolute atomic E-state index is 13.9. The van der Waals surface area contributed by atoms with E-state index in [1.54, 1.807) is 0 Å². The number of allylic oxidation sites excluding steroid dienone is 2. The number of aliphatic hydroxyl groups is 3. The minimum absolute atomic E-state index is 0.00849. The Balaban J connectivity index is 1.64. The second-order valence-electron chi connectivity index (χ2n) is 14.1. The molecule has 4 aliphatic rings. The third kappa shape index (κ3) is 3.74. The van der Waals surface area contributed by atoms with Crippen LogP contribution in [0.15, 0.2) is 11.1 Å². The Hall–Kier alpha value is -1.04. The molecule has 2 fully saturated rings. The first-order chi connectivity index (χ1) is 16.1. The molecule has 0 aromatic rings. The van der Waals surface area contributed by atoms with Gasteiger partial charge in [-0.25, -0.2) is 0 Å². The third-order valence-corrected chi connectivity index (χ3v) is 12.0. The van der Waals surface area contributed by atoms with Crippen molar-refractivity contribution in [3.63, 3.8) is 0 Å². The number of carbonyl (C=O) groups excluding carboxylic acids is 2. The molecule has 0 heterocycles. The van der Waals surface area contributed by atoms with Crippen LogP contribution in [0.2, 0.25) is 0 Å². The molecule has 0 aliphatic heterocycles. The summed E-state index contributed by atoms with van der Waals surface area (Å²) in [5, 5.41) is 30.0. The Kier molecular flexibility index (Phi) is 6.55. The topological polar surface area (TPSA) is 94.8 Å². The minimum atomic E-state index is -1.48. The van der Waals surface area contributed by atoms with Crippen LogP contribution in [-0.4, -0.2) is 45.2 Å². The minimum Gasteiger partial charge on any atom is -0.393 e. The third-order valence-electron chi connectivity index (χ3n) is 12.0. The van der Waals surface area contributed by atoms with Gasteiger partial charge in [0.2, 0.25) is 0 Å². The molecule has 8 atom stereocenters. The van der Waals surface area contributed by atoms with Gasteiger partial charge in [0.25, 0.3) is 0 Å². The Bertz CT molecular complexity index is 931. The molecule has 0 spiro atoms. The fourth-order valence-corrected chi connectivity index (χ4v) is 9.16. The molecular formula is C30H48O5. The van der Waals surface area contributed by atoms with Crippen molar-refractivity contribution in [2.45, 2.75) is 118 Å². The van der Waals surface area contributed by atoms with E-state index >= 15 is 0 Å². The zero-order valence-corrected chi connectivity index (χ0v) is 23.0. The molecule has 3 unspecified atom stereocenters. The summed E-state index contributed by atoms with van der Waals surface area (Å²) < 4.78 is 0. The number of rotatable bonds is 6. The van der Waals surface area contributed by atoms with E-state index in [2.05, 4.69) is 41.5 Å². The molecule has 0 aromatic carbocycles. The van der Waals surface area contributed by atoms with Crippen LogP contribution >= 0.6 is 0 Å². The smallest absolute Gasteiger partial charge is 0.159 e. The molecule has 0 amide bonds. The normalized spacial score (nSPS) is 42.1. The fraction of sp³-hybridized carbons (Fsp3) is 0.867. The SMILES string of the molecule is C[C@H](CCC(O)C(C)(O)CO)C1CC[C@@]2(C)C3=C(CC[C@]12C)[C@@]1(C)CCC(=O)C(C)(C)[C@@H]1CC3=O. The standard InChI is InChI=1S/C30H48O5/c1-18(8-9-24(34)30(7,35)17-31)19-10-15-29(6)25-20(11-14-28(19,29)5)27(4)13-12-23(33)26(2,3)22(27)16-21(25)32/h18-19,22,24,31,34-35H,8-17H2,1-7H3/t18-,19?,22+,24?,27-,28-,29+,30?/m1/s1. The predicted octanol–water partition coefficient (Wildman–Crippen LogP) is 5.00. The van der Waals surface area contributed by atoms with Crippen LogP contribution in [0, 0.1) is 39.4 Å². The van der Waals surface area contributed by atoms with Crippen molar-refractivity contribution in [2.24, 2.45) is 39.4 Å². The van der Waals surface area contributed by atoms with Crippen LogP contribution in [0.1, 0.15) is 106 Å². The van der Waals surface area contributed by atoms with Crippen LogP contribution in [0.4, 0.5) is 0 Å². The zero-order valence-electron chi connectivity index (χ0n) is 23.0. The van der Waals surface area contributed by atoms with Gasteiger partial charge in [-0.05, 0) is 80.5 Å². The van der Waals surface area contributed by atoms with Crippen molar-refractivity contribution in [3.8, 4) is 0 Å². The number of hydrogen-bond acceptors (Lipinski definition) is 5. The molecule has 0 bridgehead atoms. The fourth-order valence-electron chi connectivity index (χ4n) is 9.16. The number of hydrogen-bond donors (Lipinski definition) is 3. The molecule has 198 valence electrons. The Morgan fingerprint density at radius 3 is 2.31 bits per heavy atom. The quantitative estimate of drug-likeness (QED) is 0.489. The van der Waals surface area contributed by atoms with Crippen molar-refractivity contribution >= 4 is 11.6 Å². The van der Waals surface area contributed by atoms with E-state index in [0.29, 0.717) is 36.9 Å². The number of aliphatic hydroxyl groups excluding tert-OH is 2. The first kappa shape index (κ1) is 27.0. The maximum atomic E-state index is 13.9. The second kappa shape index (κ2) is 8.49. The lowest BCUT2D eigenvalue weighted by Gasteiger charge is -2.60. The van der Waals surface area contributed by atoms with Gasteiger partial charge in [-0.3, -0.25) is 9.59 Å². The van der Waals surface area contributed by atoms with Crippen molar-refractivity contribution in [3.05, 3.63) is 11.1 Å². The molecule has 3 N–H and O–H groups in total. The maximum Gasteiger partial charge on any atom is 0.159 e. The van der Waals surface area contributed by atoms with Crippen LogP contribution in [0.3, 0.4) is 0 Å². The van der Waals surface area contributed by atoms with Crippen molar-refractivity contribution in [1.82, 2.24) is 0 Å². The van der Waals surface area contributed by atoms with Gasteiger partial charge in [-0.1, -0.05) is 47.1 Å². The summed E-state index contributed by atoms with van der Waals surface area (Å²) in [6.45, 7) is 14.4. The first-order valence-corrected chi connectivity index (χ1v) is 13.9. The monoisotopic (exact) mass is 488 g/mol.